The minimum absolute atomic E-state index is 0.0243. The van der Waals surface area contributed by atoms with Crippen LogP contribution in [0.5, 0.6) is 0 Å². The van der Waals surface area contributed by atoms with E-state index < -0.39 is 5.63 Å². The lowest BCUT2D eigenvalue weighted by molar-refractivity contribution is -0.751. The summed E-state index contributed by atoms with van der Waals surface area (Å²) in [5.74, 6) is 1.42. The number of hydrogen-bond acceptors (Lipinski definition) is 4. The second-order valence-electron chi connectivity index (χ2n) is 7.90. The summed E-state index contributed by atoms with van der Waals surface area (Å²) in [6.07, 6.45) is 4.60. The van der Waals surface area contributed by atoms with Crippen LogP contribution in [-0.2, 0) is 17.9 Å². The highest BCUT2D eigenvalue weighted by atomic mass is 35.5. The van der Waals surface area contributed by atoms with E-state index in [4.69, 9.17) is 11.6 Å². The first-order valence-corrected chi connectivity index (χ1v) is 10.3. The summed E-state index contributed by atoms with van der Waals surface area (Å²) < 4.78 is 5.99. The van der Waals surface area contributed by atoms with Crippen molar-refractivity contribution in [3.8, 4) is 0 Å². The molecule has 0 saturated carbocycles. The van der Waals surface area contributed by atoms with Crippen molar-refractivity contribution < 1.29 is 14.0 Å². The summed E-state index contributed by atoms with van der Waals surface area (Å²) in [6.45, 7) is 4.95. The monoisotopic (exact) mass is 405 g/mol. The Morgan fingerprint density at radius 2 is 1.86 bits per heavy atom. The molecule has 2 aliphatic rings. The minimum Gasteiger partial charge on any atom is -0.337 e. The predicted octanol–water partition coefficient (Wildman–Crippen LogP) is 1.67. The van der Waals surface area contributed by atoms with Gasteiger partial charge < -0.3 is 4.90 Å². The fraction of sp³-hybridized carbons (Fsp3) is 0.550. The van der Waals surface area contributed by atoms with Crippen LogP contribution in [0.4, 0.5) is 0 Å². The van der Waals surface area contributed by atoms with Crippen LogP contribution in [0.1, 0.15) is 24.8 Å². The Morgan fingerprint density at radius 3 is 2.54 bits per heavy atom. The molecule has 0 spiro atoms. The number of piperidine rings is 1. The van der Waals surface area contributed by atoms with E-state index >= 15 is 0 Å². The molecule has 7 nitrogen and oxygen atoms in total. The second kappa shape index (κ2) is 8.49. The molecule has 0 aliphatic carbocycles. The first-order valence-electron chi connectivity index (χ1n) is 9.89. The van der Waals surface area contributed by atoms with Crippen molar-refractivity contribution >= 4 is 17.5 Å². The van der Waals surface area contributed by atoms with Crippen molar-refractivity contribution in [2.45, 2.75) is 32.4 Å². The summed E-state index contributed by atoms with van der Waals surface area (Å²) in [4.78, 5) is 27.9. The van der Waals surface area contributed by atoms with Gasteiger partial charge in [-0.2, -0.15) is 0 Å². The Bertz CT molecular complexity index is 855. The van der Waals surface area contributed by atoms with Crippen LogP contribution in [0.2, 0.25) is 5.02 Å². The number of amides is 1. The van der Waals surface area contributed by atoms with Gasteiger partial charge in [-0.15, -0.1) is 0 Å². The van der Waals surface area contributed by atoms with E-state index in [1.165, 1.54) is 22.9 Å². The summed E-state index contributed by atoms with van der Waals surface area (Å²) in [6, 6.07) is 8.11. The lowest BCUT2D eigenvalue weighted by atomic mass is 9.84. The number of aromatic nitrogens is 2. The highest BCUT2D eigenvalue weighted by molar-refractivity contribution is 6.30. The Hall–Kier alpha value is -2.12. The number of aromatic amines is 1. The quantitative estimate of drug-likeness (QED) is 0.768. The molecule has 2 aliphatic heterocycles. The van der Waals surface area contributed by atoms with Crippen LogP contribution in [0, 0.1) is 11.8 Å². The van der Waals surface area contributed by atoms with Crippen molar-refractivity contribution in [2.75, 3.05) is 26.2 Å². The van der Waals surface area contributed by atoms with Gasteiger partial charge in [-0.05, 0) is 60.6 Å². The number of carbonyl (C=O) groups is 1. The molecule has 0 bridgehead atoms. The smallest absolute Gasteiger partial charge is 0.337 e. The summed E-state index contributed by atoms with van der Waals surface area (Å²) in [5.41, 5.74) is 0.830. The van der Waals surface area contributed by atoms with Crippen LogP contribution in [-0.4, -0.2) is 47.2 Å². The van der Waals surface area contributed by atoms with Gasteiger partial charge in [0.1, 0.15) is 0 Å². The maximum absolute atomic E-state index is 12.4. The average molecular weight is 406 g/mol. The lowest BCUT2D eigenvalue weighted by Gasteiger charge is -2.34. The van der Waals surface area contributed by atoms with Crippen LogP contribution in [0.15, 0.2) is 39.8 Å². The van der Waals surface area contributed by atoms with E-state index in [1.54, 1.807) is 0 Å². The van der Waals surface area contributed by atoms with E-state index in [1.807, 2.05) is 17.0 Å². The largest absolute Gasteiger partial charge is 0.426 e. The zero-order valence-electron chi connectivity index (χ0n) is 15.8. The minimum atomic E-state index is -0.476. The molecule has 8 heteroatoms. The molecule has 1 aromatic heterocycles. The third kappa shape index (κ3) is 4.64. The van der Waals surface area contributed by atoms with Crippen molar-refractivity contribution in [3.05, 3.63) is 51.5 Å². The molecule has 3 heterocycles. The maximum Gasteiger partial charge on any atom is 0.426 e. The number of likely N-dealkylation sites (tertiary alicyclic amines) is 2. The summed E-state index contributed by atoms with van der Waals surface area (Å²) in [7, 11) is 0. The van der Waals surface area contributed by atoms with E-state index in [9.17, 15) is 9.59 Å². The molecule has 2 aromatic rings. The van der Waals surface area contributed by atoms with Gasteiger partial charge in [0.25, 0.3) is 18.6 Å². The van der Waals surface area contributed by atoms with Gasteiger partial charge in [0.05, 0.1) is 0 Å². The van der Waals surface area contributed by atoms with Gasteiger partial charge in [0, 0.05) is 31.2 Å². The van der Waals surface area contributed by atoms with Crippen molar-refractivity contribution in [3.63, 3.8) is 0 Å². The molecule has 1 amide bonds. The highest BCUT2D eigenvalue weighted by Crippen LogP contribution is 2.32. The number of rotatable bonds is 5. The Morgan fingerprint density at radius 1 is 1.14 bits per heavy atom. The van der Waals surface area contributed by atoms with Gasteiger partial charge in [0.15, 0.2) is 0 Å². The maximum atomic E-state index is 12.4. The molecule has 28 heavy (non-hydrogen) atoms. The first-order chi connectivity index (χ1) is 13.6. The number of H-pyrrole nitrogens is 1. The van der Waals surface area contributed by atoms with Crippen molar-refractivity contribution in [1.82, 2.24) is 15.1 Å². The van der Waals surface area contributed by atoms with Gasteiger partial charge in [0.2, 0.25) is 0 Å². The summed E-state index contributed by atoms with van der Waals surface area (Å²) >= 11 is 5.97. The average Bonchev–Trinajstić information content (AvgIpc) is 3.33. The topological polar surface area (TPSA) is 73.4 Å². The standard InChI is InChI=1S/C20H25ClN4O3/c21-18-3-1-15(2-4-18)11-23-8-5-17(12-23)16-6-9-24(10-7-16)19(26)13-25-14-20(27)28-22-25/h1-4,14,16-17H,5-13H2/p+1. The molecular weight excluding hydrogens is 380 g/mol. The third-order valence-electron chi connectivity index (χ3n) is 6.02. The lowest BCUT2D eigenvalue weighted by Crippen LogP contribution is -2.48. The number of carbonyl (C=O) groups excluding carboxylic acids is 1. The highest BCUT2D eigenvalue weighted by Gasteiger charge is 2.33. The Balaban J connectivity index is 1.23. The molecule has 0 radical (unpaired) electrons. The normalized spacial score (nSPS) is 21.3. The molecule has 1 atom stereocenters. The molecule has 4 rings (SSSR count). The van der Waals surface area contributed by atoms with Crippen LogP contribution in [0.25, 0.3) is 0 Å². The molecule has 1 unspecified atom stereocenters. The molecular formula is C20H26ClN4O3+. The van der Waals surface area contributed by atoms with E-state index in [2.05, 4.69) is 26.8 Å². The number of nitrogens with one attached hydrogen (secondary N) is 1. The van der Waals surface area contributed by atoms with Crippen molar-refractivity contribution in [1.29, 1.82) is 0 Å². The van der Waals surface area contributed by atoms with Gasteiger partial charge >= 0.3 is 5.63 Å². The molecule has 2 saturated heterocycles. The van der Waals surface area contributed by atoms with Gasteiger partial charge in [-0.1, -0.05) is 28.4 Å². The van der Waals surface area contributed by atoms with Crippen LogP contribution < -0.4 is 10.3 Å². The predicted molar refractivity (Wildman–Crippen MR) is 104 cm³/mol. The van der Waals surface area contributed by atoms with Crippen LogP contribution in [0.3, 0.4) is 0 Å². The molecule has 150 valence electrons. The first kappa shape index (κ1) is 19.2. The van der Waals surface area contributed by atoms with Crippen LogP contribution >= 0.6 is 11.6 Å². The fourth-order valence-electron chi connectivity index (χ4n) is 4.47. The SMILES string of the molecule is O=C(C[n+]1cc(=O)o[nH]1)N1CCC(C2CCN(Cc3ccc(Cl)cc3)C2)CC1. The zero-order valence-corrected chi connectivity index (χ0v) is 16.6. The number of halogens is 1. The fourth-order valence-corrected chi connectivity index (χ4v) is 4.59. The zero-order chi connectivity index (χ0) is 19.5. The Labute approximate surface area is 168 Å². The Kier molecular flexibility index (Phi) is 5.82. The number of nitrogens with zero attached hydrogens (tertiary/aromatic N) is 3. The molecule has 1 aromatic carbocycles. The van der Waals surface area contributed by atoms with E-state index in [0.717, 1.165) is 50.6 Å². The number of hydrogen-bond donors (Lipinski definition) is 1. The second-order valence-corrected chi connectivity index (χ2v) is 8.33. The van der Waals surface area contributed by atoms with Gasteiger partial charge in [-0.25, -0.2) is 4.79 Å². The van der Waals surface area contributed by atoms with Crippen molar-refractivity contribution in [2.24, 2.45) is 11.8 Å². The van der Waals surface area contributed by atoms with E-state index in [-0.39, 0.29) is 12.5 Å². The molecule has 2 fully saturated rings. The third-order valence-corrected chi connectivity index (χ3v) is 6.27. The van der Waals surface area contributed by atoms with E-state index in [0.29, 0.717) is 11.8 Å². The van der Waals surface area contributed by atoms with Gasteiger partial charge in [-0.3, -0.25) is 14.2 Å². The summed E-state index contributed by atoms with van der Waals surface area (Å²) in [5, 5.41) is 3.21. The molecule has 1 N–H and O–H groups in total. The number of benzene rings is 1.